The molecule has 0 fully saturated rings. The number of carbonyl (C=O) groups excluding carboxylic acids is 1. The van der Waals surface area contributed by atoms with Crippen LogP contribution in [0.5, 0.6) is 0 Å². The smallest absolute Gasteiger partial charge is 0.238 e. The Morgan fingerprint density at radius 3 is 2.90 bits per heavy atom. The monoisotopic (exact) mass is 316 g/mol. The first-order valence-corrected chi connectivity index (χ1v) is 9.15. The van der Waals surface area contributed by atoms with Gasteiger partial charge in [-0.2, -0.15) is 4.31 Å². The van der Waals surface area contributed by atoms with Crippen LogP contribution in [0, 0.1) is 0 Å². The Morgan fingerprint density at radius 2 is 2.25 bits per heavy atom. The van der Waals surface area contributed by atoms with E-state index in [0.717, 1.165) is 10.7 Å². The van der Waals surface area contributed by atoms with Gasteiger partial charge in [-0.25, -0.2) is 8.42 Å². The summed E-state index contributed by atoms with van der Waals surface area (Å²) in [6, 6.07) is 2.08. The molecule has 20 heavy (non-hydrogen) atoms. The Bertz CT molecular complexity index is 595. The van der Waals surface area contributed by atoms with Gasteiger partial charge in [-0.15, -0.1) is 11.3 Å². The summed E-state index contributed by atoms with van der Waals surface area (Å²) in [4.78, 5) is 15.4. The van der Waals surface area contributed by atoms with Crippen molar-refractivity contribution in [2.75, 3.05) is 25.9 Å². The van der Waals surface area contributed by atoms with Crippen molar-refractivity contribution in [1.82, 2.24) is 9.21 Å². The van der Waals surface area contributed by atoms with E-state index >= 15 is 0 Å². The summed E-state index contributed by atoms with van der Waals surface area (Å²) in [6.07, 6.45) is 0.854. The van der Waals surface area contributed by atoms with Gasteiger partial charge in [0.1, 0.15) is 0 Å². The van der Waals surface area contributed by atoms with E-state index in [0.29, 0.717) is 6.54 Å². The van der Waals surface area contributed by atoms with Crippen LogP contribution in [-0.4, -0.2) is 49.4 Å². The van der Waals surface area contributed by atoms with Crippen molar-refractivity contribution in [3.63, 3.8) is 0 Å². The van der Waals surface area contributed by atoms with Gasteiger partial charge in [0.15, 0.2) is 0 Å². The number of hydrogen-bond donors (Lipinski definition) is 0. The first kappa shape index (κ1) is 15.5. The van der Waals surface area contributed by atoms with E-state index in [4.69, 9.17) is 0 Å². The minimum Gasteiger partial charge on any atom is -0.334 e. The third-order valence-corrected chi connectivity index (χ3v) is 6.60. The quantitative estimate of drug-likeness (QED) is 0.845. The van der Waals surface area contributed by atoms with Crippen LogP contribution in [0.25, 0.3) is 0 Å². The summed E-state index contributed by atoms with van der Waals surface area (Å²) < 4.78 is 24.6. The fourth-order valence-corrected chi connectivity index (χ4v) is 4.16. The predicted molar refractivity (Wildman–Crippen MR) is 80.2 cm³/mol. The molecule has 1 amide bonds. The van der Waals surface area contributed by atoms with Gasteiger partial charge in [0.05, 0.1) is 18.3 Å². The van der Waals surface area contributed by atoms with E-state index in [1.54, 1.807) is 23.2 Å². The highest BCUT2D eigenvalue weighted by molar-refractivity contribution is 7.89. The molecule has 0 saturated carbocycles. The molecule has 1 atom stereocenters. The molecule has 1 unspecified atom stereocenters. The highest BCUT2D eigenvalue weighted by Crippen LogP contribution is 2.32. The lowest BCUT2D eigenvalue weighted by atomic mass is 10.0. The number of carbonyl (C=O) groups is 1. The van der Waals surface area contributed by atoms with Gasteiger partial charge in [0.25, 0.3) is 0 Å². The maximum Gasteiger partial charge on any atom is 0.238 e. The second-order valence-electron chi connectivity index (χ2n) is 4.97. The van der Waals surface area contributed by atoms with Crippen LogP contribution in [-0.2, 0) is 21.2 Å². The molecule has 7 heteroatoms. The Kier molecular flexibility index (Phi) is 4.51. The predicted octanol–water partition coefficient (Wildman–Crippen LogP) is 1.48. The van der Waals surface area contributed by atoms with Crippen LogP contribution >= 0.6 is 11.3 Å². The molecule has 112 valence electrons. The maximum absolute atomic E-state index is 12.3. The van der Waals surface area contributed by atoms with Gasteiger partial charge in [-0.05, 0) is 37.3 Å². The number of sulfonamides is 1. The first-order valence-electron chi connectivity index (χ1n) is 6.66. The molecule has 2 rings (SSSR count). The fraction of sp³-hybridized carbons (Fsp3) is 0.615. The number of hydrogen-bond acceptors (Lipinski definition) is 4. The Hall–Kier alpha value is -0.920. The van der Waals surface area contributed by atoms with E-state index in [1.807, 2.05) is 12.3 Å². The van der Waals surface area contributed by atoms with Crippen LogP contribution in [0.3, 0.4) is 0 Å². The number of fused-ring (bicyclic) bond motifs is 1. The standard InChI is InChI=1S/C13H20N2O3S2/c1-4-20(17,18)14(3)9-13(16)15-7-5-12-11(10(15)2)6-8-19-12/h6,8,10H,4-5,7,9H2,1-3H3. The summed E-state index contributed by atoms with van der Waals surface area (Å²) in [5, 5.41) is 2.04. The van der Waals surface area contributed by atoms with E-state index < -0.39 is 10.0 Å². The lowest BCUT2D eigenvalue weighted by molar-refractivity contribution is -0.133. The molecule has 1 aliphatic rings. The highest BCUT2D eigenvalue weighted by atomic mass is 32.2. The molecule has 0 radical (unpaired) electrons. The minimum atomic E-state index is -3.31. The summed E-state index contributed by atoms with van der Waals surface area (Å²) in [7, 11) is -1.85. The van der Waals surface area contributed by atoms with Crippen LogP contribution in [0.2, 0.25) is 0 Å². The molecule has 1 aromatic rings. The number of thiophene rings is 1. The van der Waals surface area contributed by atoms with Crippen LogP contribution in [0.1, 0.15) is 30.3 Å². The molecular formula is C13H20N2O3S2. The van der Waals surface area contributed by atoms with Crippen molar-refractivity contribution in [2.45, 2.75) is 26.3 Å². The third-order valence-electron chi connectivity index (χ3n) is 3.80. The van der Waals surface area contributed by atoms with Gasteiger partial charge in [0.2, 0.25) is 15.9 Å². The van der Waals surface area contributed by atoms with E-state index in [-0.39, 0.29) is 24.2 Å². The van der Waals surface area contributed by atoms with Gasteiger partial charge in [0, 0.05) is 18.5 Å². The number of likely N-dealkylation sites (N-methyl/N-ethyl adjacent to an activating group) is 1. The zero-order chi connectivity index (χ0) is 14.9. The molecule has 5 nitrogen and oxygen atoms in total. The zero-order valence-corrected chi connectivity index (χ0v) is 13.6. The SMILES string of the molecule is CCS(=O)(=O)N(C)CC(=O)N1CCc2sccc2C1C. The van der Waals surface area contributed by atoms with E-state index in [9.17, 15) is 13.2 Å². The molecule has 2 heterocycles. The molecule has 0 bridgehead atoms. The summed E-state index contributed by atoms with van der Waals surface area (Å²) in [6.45, 7) is 4.15. The lowest BCUT2D eigenvalue weighted by Crippen LogP contribution is -2.44. The van der Waals surface area contributed by atoms with Crippen molar-refractivity contribution in [3.8, 4) is 0 Å². The van der Waals surface area contributed by atoms with Gasteiger partial charge >= 0.3 is 0 Å². The molecule has 0 N–H and O–H groups in total. The summed E-state index contributed by atoms with van der Waals surface area (Å²) in [5.74, 6) is -0.116. The zero-order valence-electron chi connectivity index (χ0n) is 12.0. The largest absolute Gasteiger partial charge is 0.334 e. The van der Waals surface area contributed by atoms with E-state index in [1.165, 1.54) is 17.5 Å². The van der Waals surface area contributed by atoms with Gasteiger partial charge < -0.3 is 4.90 Å². The maximum atomic E-state index is 12.3. The molecular weight excluding hydrogens is 296 g/mol. The van der Waals surface area contributed by atoms with Crippen molar-refractivity contribution < 1.29 is 13.2 Å². The fourth-order valence-electron chi connectivity index (χ4n) is 2.45. The van der Waals surface area contributed by atoms with Crippen LogP contribution in [0.15, 0.2) is 11.4 Å². The molecule has 0 spiro atoms. The first-order chi connectivity index (χ1) is 9.36. The second-order valence-corrected chi connectivity index (χ2v) is 8.33. The van der Waals surface area contributed by atoms with E-state index in [2.05, 4.69) is 6.07 Å². The van der Waals surface area contributed by atoms with Crippen molar-refractivity contribution >= 4 is 27.3 Å². The lowest BCUT2D eigenvalue weighted by Gasteiger charge is -2.34. The van der Waals surface area contributed by atoms with Crippen molar-refractivity contribution in [2.24, 2.45) is 0 Å². The molecule has 0 saturated heterocycles. The van der Waals surface area contributed by atoms with Crippen molar-refractivity contribution in [1.29, 1.82) is 0 Å². The Morgan fingerprint density at radius 1 is 1.55 bits per heavy atom. The summed E-state index contributed by atoms with van der Waals surface area (Å²) in [5.41, 5.74) is 1.19. The Balaban J connectivity index is 2.08. The number of nitrogens with zero attached hydrogens (tertiary/aromatic N) is 2. The average Bonchev–Trinajstić information content (AvgIpc) is 2.88. The Labute approximate surface area is 124 Å². The van der Waals surface area contributed by atoms with Gasteiger partial charge in [-0.1, -0.05) is 0 Å². The minimum absolute atomic E-state index is 0.0149. The number of rotatable bonds is 4. The highest BCUT2D eigenvalue weighted by Gasteiger charge is 2.30. The third kappa shape index (κ3) is 2.89. The van der Waals surface area contributed by atoms with Crippen LogP contribution in [0.4, 0.5) is 0 Å². The van der Waals surface area contributed by atoms with Gasteiger partial charge in [-0.3, -0.25) is 4.79 Å². The summed E-state index contributed by atoms with van der Waals surface area (Å²) >= 11 is 1.72. The topological polar surface area (TPSA) is 57.7 Å². The van der Waals surface area contributed by atoms with Crippen LogP contribution < -0.4 is 0 Å². The molecule has 1 aromatic heterocycles. The molecule has 0 aromatic carbocycles. The normalized spacial score (nSPS) is 19.2. The molecule has 0 aliphatic carbocycles. The molecule has 1 aliphatic heterocycles. The average molecular weight is 316 g/mol. The number of amides is 1. The van der Waals surface area contributed by atoms with Crippen molar-refractivity contribution in [3.05, 3.63) is 21.9 Å². The second kappa shape index (κ2) is 5.83.